The predicted octanol–water partition coefficient (Wildman–Crippen LogP) is 4.04. The van der Waals surface area contributed by atoms with Crippen LogP contribution in [0.25, 0.3) is 0 Å². The average Bonchev–Trinajstić information content (AvgIpc) is 2.45. The summed E-state index contributed by atoms with van der Waals surface area (Å²) in [4.78, 5) is 12.2. The van der Waals surface area contributed by atoms with Crippen LogP contribution in [0.2, 0.25) is 22.2 Å². The van der Waals surface area contributed by atoms with Gasteiger partial charge >= 0.3 is 35.7 Å². The molecular weight excluding hydrogens is 386 g/mol. The molecule has 0 aromatic rings. The van der Waals surface area contributed by atoms with Crippen molar-refractivity contribution in [3.8, 4) is 0 Å². The fourth-order valence-corrected chi connectivity index (χ4v) is 14.5. The van der Waals surface area contributed by atoms with Crippen LogP contribution in [0, 0.1) is 12.7 Å². The second kappa shape index (κ2) is 10.2. The maximum Gasteiger partial charge on any atom is 2.00 e. The standard InChI is InChI=1S/C17H33BO4Si2.V/c1-12(2)23(13(3)4)20-10-9-17(16(19)11-18)21-24(22-23,14(5)6)15(7)8;/h9,11-15,17H,10H2,1-8H3;/q-2;+2/t17-;/m0./s1. The summed E-state index contributed by atoms with van der Waals surface area (Å²) in [6.45, 7) is 17.5. The first-order chi connectivity index (χ1) is 11.0. The number of ketones is 1. The van der Waals surface area contributed by atoms with Crippen molar-refractivity contribution in [2.45, 2.75) is 83.7 Å². The summed E-state index contributed by atoms with van der Waals surface area (Å²) in [6.07, 6.45) is 2.21. The van der Waals surface area contributed by atoms with E-state index in [4.69, 9.17) is 20.8 Å². The molecule has 1 aliphatic rings. The first-order valence-corrected chi connectivity index (χ1v) is 12.9. The Labute approximate surface area is 169 Å². The minimum absolute atomic E-state index is 0. The fraction of sp³-hybridized carbons (Fsp3) is 0.824. The maximum absolute atomic E-state index is 12.2. The van der Waals surface area contributed by atoms with Crippen LogP contribution in [0.4, 0.5) is 0 Å². The molecule has 0 saturated carbocycles. The van der Waals surface area contributed by atoms with Gasteiger partial charge in [-0.05, 0) is 34.1 Å². The second-order valence-corrected chi connectivity index (χ2v) is 16.7. The summed E-state index contributed by atoms with van der Waals surface area (Å²) in [5.74, 6) is -0.233. The van der Waals surface area contributed by atoms with E-state index < -0.39 is 23.2 Å². The molecule has 0 aliphatic carbocycles. The van der Waals surface area contributed by atoms with E-state index in [1.165, 1.54) is 0 Å². The van der Waals surface area contributed by atoms with Crippen LogP contribution < -0.4 is 0 Å². The number of carbonyl (C=O) groups is 1. The van der Waals surface area contributed by atoms with Gasteiger partial charge in [-0.1, -0.05) is 62.0 Å². The zero-order valence-electron chi connectivity index (χ0n) is 16.9. The number of carbonyl (C=O) groups excluding carboxylic acids is 1. The van der Waals surface area contributed by atoms with Gasteiger partial charge in [0.15, 0.2) is 0 Å². The topological polar surface area (TPSA) is 44.8 Å². The summed E-state index contributed by atoms with van der Waals surface area (Å²) < 4.78 is 19.8. The van der Waals surface area contributed by atoms with Gasteiger partial charge in [0.05, 0.1) is 0 Å². The third kappa shape index (κ3) is 5.27. The Bertz CT molecular complexity index is 417. The first kappa shape index (κ1) is 25.5. The van der Waals surface area contributed by atoms with Crippen molar-refractivity contribution in [3.05, 3.63) is 12.7 Å². The molecule has 1 fully saturated rings. The van der Waals surface area contributed by atoms with Crippen molar-refractivity contribution >= 4 is 30.8 Å². The van der Waals surface area contributed by atoms with Gasteiger partial charge in [0.2, 0.25) is 0 Å². The summed E-state index contributed by atoms with van der Waals surface area (Å²) in [7, 11) is 0.235. The summed E-state index contributed by atoms with van der Waals surface area (Å²) >= 11 is 0. The summed E-state index contributed by atoms with van der Waals surface area (Å²) in [5, 5.41) is 0. The van der Waals surface area contributed by atoms with Gasteiger partial charge in [-0.3, -0.25) is 6.42 Å². The molecule has 1 rings (SSSR count). The molecule has 4 nitrogen and oxygen atoms in total. The number of hydrogen-bond donors (Lipinski definition) is 0. The van der Waals surface area contributed by atoms with E-state index in [9.17, 15) is 4.79 Å². The van der Waals surface area contributed by atoms with Crippen LogP contribution in [0.3, 0.4) is 0 Å². The van der Waals surface area contributed by atoms with Gasteiger partial charge in [0.25, 0.3) is 0 Å². The van der Waals surface area contributed by atoms with Gasteiger partial charge in [-0.25, -0.2) is 0 Å². The molecule has 0 unspecified atom stereocenters. The van der Waals surface area contributed by atoms with E-state index >= 15 is 0 Å². The van der Waals surface area contributed by atoms with Crippen molar-refractivity contribution in [1.82, 2.24) is 0 Å². The smallest absolute Gasteiger partial charge is 0.427 e. The predicted molar refractivity (Wildman–Crippen MR) is 103 cm³/mol. The van der Waals surface area contributed by atoms with Crippen molar-refractivity contribution in [2.75, 3.05) is 6.61 Å². The number of Topliss-reactive ketones (excluding diaryl/α,β-unsaturated/α-hetero) is 1. The Morgan fingerprint density at radius 2 is 1.44 bits per heavy atom. The average molecular weight is 419 g/mol. The SMILES string of the molecule is [B][CH-]C(=O)[C@@H]1[CH-]CO[Si](C(C)C)(C(C)C)O[Si](C(C)C)(C(C)C)O1.[V+2]. The van der Waals surface area contributed by atoms with E-state index in [1.54, 1.807) is 0 Å². The quantitative estimate of drug-likeness (QED) is 0.482. The second-order valence-electron chi connectivity index (χ2n) is 7.82. The van der Waals surface area contributed by atoms with Gasteiger partial charge < -0.3 is 24.1 Å². The molecule has 8 heteroatoms. The summed E-state index contributed by atoms with van der Waals surface area (Å²) in [6, 6.07) is 0. The third-order valence-electron chi connectivity index (χ3n) is 4.91. The van der Waals surface area contributed by atoms with Crippen LogP contribution in [0.1, 0.15) is 55.4 Å². The fourth-order valence-electron chi connectivity index (χ4n) is 3.49. The molecule has 0 bridgehead atoms. The molecule has 0 N–H and O–H groups in total. The molecule has 1 aliphatic heterocycles. The molecule has 3 radical (unpaired) electrons. The van der Waals surface area contributed by atoms with Crippen LogP contribution >= 0.6 is 0 Å². The Morgan fingerprint density at radius 3 is 1.80 bits per heavy atom. The van der Waals surface area contributed by atoms with Gasteiger partial charge in [0, 0.05) is 0 Å². The molecule has 0 aromatic heterocycles. The Kier molecular flexibility index (Phi) is 10.4. The van der Waals surface area contributed by atoms with Crippen molar-refractivity contribution in [1.29, 1.82) is 0 Å². The van der Waals surface area contributed by atoms with Crippen LogP contribution in [-0.4, -0.2) is 43.5 Å². The van der Waals surface area contributed by atoms with Gasteiger partial charge in [-0.2, -0.15) is 7.85 Å². The van der Waals surface area contributed by atoms with E-state index in [0.29, 0.717) is 17.7 Å². The minimum atomic E-state index is -2.71. The van der Waals surface area contributed by atoms with Crippen LogP contribution in [0.15, 0.2) is 0 Å². The summed E-state index contributed by atoms with van der Waals surface area (Å²) in [5.41, 5.74) is 0.995. The number of rotatable bonds is 6. The molecule has 0 spiro atoms. The van der Waals surface area contributed by atoms with Crippen LogP contribution in [0.5, 0.6) is 0 Å². The molecular formula is C17H33BO4Si2V. The van der Waals surface area contributed by atoms with Gasteiger partial charge in [0.1, 0.15) is 0 Å². The molecule has 0 amide bonds. The zero-order valence-corrected chi connectivity index (χ0v) is 20.3. The monoisotopic (exact) mass is 419 g/mol. The van der Waals surface area contributed by atoms with E-state index in [1.807, 2.05) is 6.42 Å². The first-order valence-electron chi connectivity index (χ1n) is 8.97. The van der Waals surface area contributed by atoms with E-state index in [0.717, 1.165) is 6.32 Å². The van der Waals surface area contributed by atoms with Crippen molar-refractivity contribution in [2.24, 2.45) is 0 Å². The Balaban J connectivity index is 0.00000576. The molecule has 25 heavy (non-hydrogen) atoms. The minimum Gasteiger partial charge on any atom is -0.427 e. The molecule has 1 saturated heterocycles. The molecule has 0 aromatic carbocycles. The largest absolute Gasteiger partial charge is 2.00 e. The van der Waals surface area contributed by atoms with Crippen molar-refractivity contribution in [3.63, 3.8) is 0 Å². The Hall–Kier alpha value is 0.503. The maximum atomic E-state index is 12.2. The van der Waals surface area contributed by atoms with E-state index in [2.05, 4.69) is 55.4 Å². The number of hydrogen-bond acceptors (Lipinski definition) is 4. The Morgan fingerprint density at radius 1 is 1.00 bits per heavy atom. The van der Waals surface area contributed by atoms with E-state index in [-0.39, 0.29) is 35.4 Å². The normalized spacial score (nSPS) is 23.3. The molecule has 141 valence electrons. The van der Waals surface area contributed by atoms with Gasteiger partial charge in [-0.15, -0.1) is 0 Å². The zero-order chi connectivity index (χ0) is 18.7. The molecule has 1 heterocycles. The molecule has 1 atom stereocenters. The van der Waals surface area contributed by atoms with Crippen LogP contribution in [-0.2, 0) is 36.3 Å². The third-order valence-corrected chi connectivity index (χ3v) is 15.1. The van der Waals surface area contributed by atoms with Crippen molar-refractivity contribution < 1.29 is 36.3 Å².